The molecular formula is C16H15FN2O2. The molecule has 0 aliphatic rings. The van der Waals surface area contributed by atoms with E-state index in [1.165, 1.54) is 18.2 Å². The number of carbonyl (C=O) groups is 2. The SMILES string of the molecule is Cc1cccc(NC(=O)CNC(=O)c2cccc(F)c2)c1. The van der Waals surface area contributed by atoms with E-state index in [1.807, 2.05) is 25.1 Å². The molecular weight excluding hydrogens is 271 g/mol. The standard InChI is InChI=1S/C16H15FN2O2/c1-11-4-2-7-14(8-11)19-15(20)10-18-16(21)12-5-3-6-13(17)9-12/h2-9H,10H2,1H3,(H,18,21)(H,19,20). The molecule has 2 amide bonds. The number of amides is 2. The Kier molecular flexibility index (Phi) is 4.66. The van der Waals surface area contributed by atoms with Crippen molar-refractivity contribution >= 4 is 17.5 Å². The van der Waals surface area contributed by atoms with E-state index in [0.29, 0.717) is 5.69 Å². The first-order valence-corrected chi connectivity index (χ1v) is 6.45. The molecule has 0 radical (unpaired) electrons. The minimum atomic E-state index is -0.494. The van der Waals surface area contributed by atoms with Crippen molar-refractivity contribution in [1.82, 2.24) is 5.32 Å². The van der Waals surface area contributed by atoms with Gasteiger partial charge in [-0.2, -0.15) is 0 Å². The van der Waals surface area contributed by atoms with Gasteiger partial charge < -0.3 is 10.6 Å². The second-order valence-electron chi connectivity index (χ2n) is 4.61. The van der Waals surface area contributed by atoms with Crippen LogP contribution in [0.2, 0.25) is 0 Å². The van der Waals surface area contributed by atoms with Gasteiger partial charge in [0.05, 0.1) is 6.54 Å². The summed E-state index contributed by atoms with van der Waals surface area (Å²) in [5.41, 5.74) is 1.87. The van der Waals surface area contributed by atoms with Crippen molar-refractivity contribution < 1.29 is 14.0 Å². The Balaban J connectivity index is 1.88. The molecule has 5 heteroatoms. The topological polar surface area (TPSA) is 58.2 Å². The van der Waals surface area contributed by atoms with Crippen molar-refractivity contribution in [3.8, 4) is 0 Å². The molecule has 0 fully saturated rings. The Labute approximate surface area is 122 Å². The van der Waals surface area contributed by atoms with Crippen molar-refractivity contribution in [2.75, 3.05) is 11.9 Å². The van der Waals surface area contributed by atoms with Gasteiger partial charge in [0.25, 0.3) is 5.91 Å². The van der Waals surface area contributed by atoms with Crippen molar-refractivity contribution in [3.63, 3.8) is 0 Å². The summed E-state index contributed by atoms with van der Waals surface area (Å²) in [5, 5.41) is 5.12. The molecule has 0 spiro atoms. The third-order valence-corrected chi connectivity index (χ3v) is 2.80. The zero-order chi connectivity index (χ0) is 15.2. The molecule has 0 bridgehead atoms. The van der Waals surface area contributed by atoms with E-state index in [9.17, 15) is 14.0 Å². The summed E-state index contributed by atoms with van der Waals surface area (Å²) >= 11 is 0. The van der Waals surface area contributed by atoms with E-state index in [-0.39, 0.29) is 18.0 Å². The number of aryl methyl sites for hydroxylation is 1. The van der Waals surface area contributed by atoms with Gasteiger partial charge in [0.1, 0.15) is 5.82 Å². The molecule has 2 N–H and O–H groups in total. The number of nitrogens with one attached hydrogen (secondary N) is 2. The summed E-state index contributed by atoms with van der Waals surface area (Å²) < 4.78 is 13.0. The van der Waals surface area contributed by atoms with E-state index in [0.717, 1.165) is 11.6 Å². The fourth-order valence-corrected chi connectivity index (χ4v) is 1.82. The molecule has 0 saturated heterocycles. The maximum atomic E-state index is 13.0. The lowest BCUT2D eigenvalue weighted by Gasteiger charge is -2.07. The molecule has 0 saturated carbocycles. The van der Waals surface area contributed by atoms with Crippen LogP contribution in [0.3, 0.4) is 0 Å². The van der Waals surface area contributed by atoms with Crippen LogP contribution in [0, 0.1) is 12.7 Å². The minimum Gasteiger partial charge on any atom is -0.343 e. The second kappa shape index (κ2) is 6.65. The van der Waals surface area contributed by atoms with Crippen LogP contribution in [0.5, 0.6) is 0 Å². The Morgan fingerprint density at radius 2 is 1.86 bits per heavy atom. The van der Waals surface area contributed by atoms with E-state index in [1.54, 1.807) is 6.07 Å². The van der Waals surface area contributed by atoms with Crippen LogP contribution in [0.1, 0.15) is 15.9 Å². The summed E-state index contributed by atoms with van der Waals surface area (Å²) in [6.07, 6.45) is 0. The number of carbonyl (C=O) groups excluding carboxylic acids is 2. The van der Waals surface area contributed by atoms with Crippen molar-refractivity contribution in [2.24, 2.45) is 0 Å². The maximum Gasteiger partial charge on any atom is 0.251 e. The largest absolute Gasteiger partial charge is 0.343 e. The molecule has 21 heavy (non-hydrogen) atoms. The van der Waals surface area contributed by atoms with Crippen LogP contribution >= 0.6 is 0 Å². The van der Waals surface area contributed by atoms with Crippen molar-refractivity contribution in [3.05, 3.63) is 65.5 Å². The van der Waals surface area contributed by atoms with E-state index >= 15 is 0 Å². The zero-order valence-corrected chi connectivity index (χ0v) is 11.5. The van der Waals surface area contributed by atoms with Crippen LogP contribution in [-0.2, 0) is 4.79 Å². The molecule has 0 aromatic heterocycles. The summed E-state index contributed by atoms with van der Waals surface area (Å²) in [6.45, 7) is 1.74. The average Bonchev–Trinajstić information content (AvgIpc) is 2.45. The minimum absolute atomic E-state index is 0.177. The predicted molar refractivity (Wildman–Crippen MR) is 78.5 cm³/mol. The second-order valence-corrected chi connectivity index (χ2v) is 4.61. The molecule has 0 aliphatic heterocycles. The van der Waals surface area contributed by atoms with Crippen molar-refractivity contribution in [1.29, 1.82) is 0 Å². The fraction of sp³-hybridized carbons (Fsp3) is 0.125. The van der Waals surface area contributed by atoms with E-state index in [4.69, 9.17) is 0 Å². The zero-order valence-electron chi connectivity index (χ0n) is 11.5. The fourth-order valence-electron chi connectivity index (χ4n) is 1.82. The molecule has 108 valence electrons. The maximum absolute atomic E-state index is 13.0. The van der Waals surface area contributed by atoms with Gasteiger partial charge in [-0.25, -0.2) is 4.39 Å². The van der Waals surface area contributed by atoms with Crippen LogP contribution in [0.25, 0.3) is 0 Å². The first-order valence-electron chi connectivity index (χ1n) is 6.45. The number of anilines is 1. The molecule has 0 atom stereocenters. The first-order chi connectivity index (χ1) is 10.0. The Morgan fingerprint density at radius 3 is 2.57 bits per heavy atom. The summed E-state index contributed by atoms with van der Waals surface area (Å²) in [6, 6.07) is 12.6. The lowest BCUT2D eigenvalue weighted by atomic mass is 10.2. The van der Waals surface area contributed by atoms with Crippen LogP contribution in [-0.4, -0.2) is 18.4 Å². The van der Waals surface area contributed by atoms with Crippen LogP contribution in [0.15, 0.2) is 48.5 Å². The smallest absolute Gasteiger partial charge is 0.251 e. The van der Waals surface area contributed by atoms with Gasteiger partial charge in [-0.1, -0.05) is 18.2 Å². The van der Waals surface area contributed by atoms with Gasteiger partial charge in [-0.3, -0.25) is 9.59 Å². The van der Waals surface area contributed by atoms with Gasteiger partial charge in [-0.05, 0) is 42.8 Å². The molecule has 4 nitrogen and oxygen atoms in total. The summed E-state index contributed by atoms with van der Waals surface area (Å²) in [7, 11) is 0. The van der Waals surface area contributed by atoms with Crippen LogP contribution in [0.4, 0.5) is 10.1 Å². The molecule has 2 aromatic rings. The number of benzene rings is 2. The van der Waals surface area contributed by atoms with Crippen molar-refractivity contribution in [2.45, 2.75) is 6.92 Å². The quantitative estimate of drug-likeness (QED) is 0.907. The third kappa shape index (κ3) is 4.42. The van der Waals surface area contributed by atoms with Gasteiger partial charge in [-0.15, -0.1) is 0 Å². The number of rotatable bonds is 4. The van der Waals surface area contributed by atoms with Gasteiger partial charge in [0.15, 0.2) is 0 Å². The molecule has 0 heterocycles. The highest BCUT2D eigenvalue weighted by molar-refractivity contribution is 5.99. The molecule has 0 aliphatic carbocycles. The third-order valence-electron chi connectivity index (χ3n) is 2.80. The number of hydrogen-bond acceptors (Lipinski definition) is 2. The average molecular weight is 286 g/mol. The predicted octanol–water partition coefficient (Wildman–Crippen LogP) is 2.50. The highest BCUT2D eigenvalue weighted by Gasteiger charge is 2.08. The number of halogens is 1. The van der Waals surface area contributed by atoms with Gasteiger partial charge in [0.2, 0.25) is 5.91 Å². The van der Waals surface area contributed by atoms with Gasteiger partial charge in [0, 0.05) is 11.3 Å². The molecule has 0 unspecified atom stereocenters. The van der Waals surface area contributed by atoms with E-state index < -0.39 is 11.7 Å². The summed E-state index contributed by atoms with van der Waals surface area (Å²) in [5.74, 6) is -1.33. The lowest BCUT2D eigenvalue weighted by molar-refractivity contribution is -0.115. The Hall–Kier alpha value is -2.69. The highest BCUT2D eigenvalue weighted by atomic mass is 19.1. The normalized spacial score (nSPS) is 10.0. The Morgan fingerprint density at radius 1 is 1.10 bits per heavy atom. The first kappa shape index (κ1) is 14.7. The Bertz CT molecular complexity index is 671. The highest BCUT2D eigenvalue weighted by Crippen LogP contribution is 2.09. The number of hydrogen-bond donors (Lipinski definition) is 2. The lowest BCUT2D eigenvalue weighted by Crippen LogP contribution is -2.32. The van der Waals surface area contributed by atoms with Gasteiger partial charge >= 0.3 is 0 Å². The summed E-state index contributed by atoms with van der Waals surface area (Å²) in [4.78, 5) is 23.5. The molecule has 2 aromatic carbocycles. The molecule has 2 rings (SSSR count). The monoisotopic (exact) mass is 286 g/mol. The van der Waals surface area contributed by atoms with E-state index in [2.05, 4.69) is 10.6 Å². The van der Waals surface area contributed by atoms with Crippen LogP contribution < -0.4 is 10.6 Å².